The molecule has 0 N–H and O–H groups in total. The monoisotopic (exact) mass is 696 g/mol. The van der Waals surface area contributed by atoms with Crippen LogP contribution in [-0.2, 0) is 0 Å². The zero-order valence-electron chi connectivity index (χ0n) is 28.7. The first-order chi connectivity index (χ1) is 26.3. The van der Waals surface area contributed by atoms with Gasteiger partial charge in [-0.3, -0.25) is 0 Å². The third-order valence-corrected chi connectivity index (χ3v) is 11.0. The molecule has 0 saturated carbocycles. The maximum atomic E-state index is 6.80. The van der Waals surface area contributed by atoms with Gasteiger partial charge in [0.15, 0.2) is 5.58 Å². The first-order valence-corrected chi connectivity index (χ1v) is 18.6. The van der Waals surface area contributed by atoms with Gasteiger partial charge in [0.2, 0.25) is 0 Å². The van der Waals surface area contributed by atoms with E-state index in [9.17, 15) is 0 Å². The summed E-state index contributed by atoms with van der Waals surface area (Å²) >= 11 is 1.72. The second-order valence-electron chi connectivity index (χ2n) is 13.2. The lowest BCUT2D eigenvalue weighted by Crippen LogP contribution is -2.11. The van der Waals surface area contributed by atoms with E-state index in [1.54, 1.807) is 11.3 Å². The number of hydrogen-bond acceptors (Lipinski definition) is 4. The Morgan fingerprint density at radius 2 is 0.849 bits per heavy atom. The van der Waals surface area contributed by atoms with Gasteiger partial charge in [-0.25, -0.2) is 4.98 Å². The first-order valence-electron chi connectivity index (χ1n) is 17.8. The highest BCUT2D eigenvalue weighted by Gasteiger charge is 2.25. The molecule has 2 heterocycles. The van der Waals surface area contributed by atoms with Crippen LogP contribution in [0.3, 0.4) is 0 Å². The van der Waals surface area contributed by atoms with Gasteiger partial charge in [0, 0.05) is 27.7 Å². The highest BCUT2D eigenvalue weighted by Crippen LogP contribution is 2.48. The minimum Gasteiger partial charge on any atom is -0.454 e. The lowest BCUT2D eigenvalue weighted by Gasteiger charge is -2.26. The number of benzene rings is 8. The summed E-state index contributed by atoms with van der Waals surface area (Å²) in [5.74, 6) is 0. The Morgan fingerprint density at radius 3 is 1.38 bits per heavy atom. The SMILES string of the molecule is c1ccc(-c2ccc(-c3nc4c(N(c5ccc(-c6ccccc6)cc5)c5ccc(-c6ccccc6)cc5)c5oc6ccccc6c5cc4s3)cc2)cc1. The van der Waals surface area contributed by atoms with Crippen LogP contribution in [0.2, 0.25) is 0 Å². The molecule has 0 unspecified atom stereocenters. The average molecular weight is 697 g/mol. The number of anilines is 3. The normalized spacial score (nSPS) is 11.4. The van der Waals surface area contributed by atoms with Gasteiger partial charge in [-0.05, 0) is 69.8 Å². The number of aromatic nitrogens is 1. The lowest BCUT2D eigenvalue weighted by atomic mass is 10.0. The van der Waals surface area contributed by atoms with Crippen LogP contribution in [0.25, 0.3) is 76.1 Å². The molecule has 0 amide bonds. The minimum atomic E-state index is 0.814. The Bertz CT molecular complexity index is 2760. The zero-order valence-corrected chi connectivity index (χ0v) is 29.5. The van der Waals surface area contributed by atoms with Crippen molar-refractivity contribution in [2.75, 3.05) is 4.90 Å². The fourth-order valence-corrected chi connectivity index (χ4v) is 8.28. The molecular weight excluding hydrogens is 665 g/mol. The van der Waals surface area contributed by atoms with Crippen molar-refractivity contribution < 1.29 is 4.42 Å². The maximum Gasteiger partial charge on any atom is 0.161 e. The smallest absolute Gasteiger partial charge is 0.161 e. The third kappa shape index (κ3) is 5.66. The third-order valence-electron chi connectivity index (χ3n) is 9.93. The van der Waals surface area contributed by atoms with Crippen molar-refractivity contribution in [2.24, 2.45) is 0 Å². The van der Waals surface area contributed by atoms with E-state index < -0.39 is 0 Å². The first kappa shape index (κ1) is 31.0. The van der Waals surface area contributed by atoms with E-state index >= 15 is 0 Å². The van der Waals surface area contributed by atoms with E-state index in [-0.39, 0.29) is 0 Å². The number of para-hydroxylation sites is 1. The standard InChI is InChI=1S/C49H32N2OS/c1-4-12-33(13-5-1)36-20-22-39(23-21-36)49-50-46-45(53-49)32-43-42-18-10-11-19-44(42)52-48(43)47(46)51(40-28-24-37(25-29-40)34-14-6-2-7-15-34)41-30-26-38(27-31-41)35-16-8-3-9-17-35/h1-32H. The van der Waals surface area contributed by atoms with Gasteiger partial charge in [-0.2, -0.15) is 0 Å². The van der Waals surface area contributed by atoms with Crippen LogP contribution < -0.4 is 4.90 Å². The van der Waals surface area contributed by atoms with Crippen molar-refractivity contribution in [2.45, 2.75) is 0 Å². The number of fused-ring (bicyclic) bond motifs is 4. The summed E-state index contributed by atoms with van der Waals surface area (Å²) in [5, 5.41) is 3.13. The summed E-state index contributed by atoms with van der Waals surface area (Å²) in [4.78, 5) is 7.74. The molecule has 0 aliphatic heterocycles. The van der Waals surface area contributed by atoms with Crippen LogP contribution >= 0.6 is 11.3 Å². The van der Waals surface area contributed by atoms with Gasteiger partial charge < -0.3 is 9.32 Å². The predicted molar refractivity (Wildman–Crippen MR) is 223 cm³/mol. The number of furan rings is 1. The number of hydrogen-bond donors (Lipinski definition) is 0. The Labute approximate surface area is 311 Å². The Kier molecular flexibility index (Phi) is 7.67. The number of rotatable bonds is 7. The van der Waals surface area contributed by atoms with Gasteiger partial charge in [0.1, 0.15) is 21.8 Å². The summed E-state index contributed by atoms with van der Waals surface area (Å²) in [6.45, 7) is 0. The topological polar surface area (TPSA) is 29.3 Å². The van der Waals surface area contributed by atoms with Crippen LogP contribution in [0.5, 0.6) is 0 Å². The average Bonchev–Trinajstić information content (AvgIpc) is 3.84. The highest BCUT2D eigenvalue weighted by molar-refractivity contribution is 7.21. The fourth-order valence-electron chi connectivity index (χ4n) is 7.26. The fraction of sp³-hybridized carbons (Fsp3) is 0. The van der Waals surface area contributed by atoms with Crippen molar-refractivity contribution in [1.82, 2.24) is 4.98 Å². The Balaban J connectivity index is 1.19. The largest absolute Gasteiger partial charge is 0.454 e. The van der Waals surface area contributed by atoms with Crippen LogP contribution in [0.4, 0.5) is 17.1 Å². The molecule has 0 saturated heterocycles. The molecule has 10 rings (SSSR count). The molecule has 2 aromatic heterocycles. The molecule has 0 spiro atoms. The van der Waals surface area contributed by atoms with Crippen LogP contribution in [0.15, 0.2) is 199 Å². The molecule has 0 fully saturated rings. The molecule has 250 valence electrons. The van der Waals surface area contributed by atoms with Gasteiger partial charge in [0.05, 0.1) is 4.70 Å². The van der Waals surface area contributed by atoms with Crippen molar-refractivity contribution in [3.05, 3.63) is 194 Å². The van der Waals surface area contributed by atoms with Crippen molar-refractivity contribution in [1.29, 1.82) is 0 Å². The molecule has 0 aliphatic rings. The summed E-state index contributed by atoms with van der Waals surface area (Å²) in [6.07, 6.45) is 0. The molecule has 8 aromatic carbocycles. The quantitative estimate of drug-likeness (QED) is 0.166. The number of nitrogens with zero attached hydrogens (tertiary/aromatic N) is 2. The van der Waals surface area contributed by atoms with E-state index in [2.05, 4.69) is 187 Å². The molecule has 10 aromatic rings. The highest BCUT2D eigenvalue weighted by atomic mass is 32.1. The maximum absolute atomic E-state index is 6.80. The van der Waals surface area contributed by atoms with E-state index in [1.165, 1.54) is 22.3 Å². The Hall–Kier alpha value is -6.75. The molecule has 53 heavy (non-hydrogen) atoms. The summed E-state index contributed by atoms with van der Waals surface area (Å²) in [5.41, 5.74) is 13.7. The van der Waals surface area contributed by atoms with E-state index in [4.69, 9.17) is 9.40 Å². The van der Waals surface area contributed by atoms with E-state index in [0.717, 1.165) is 70.9 Å². The summed E-state index contributed by atoms with van der Waals surface area (Å²) in [6, 6.07) is 68.5. The van der Waals surface area contributed by atoms with Crippen molar-refractivity contribution >= 4 is 60.6 Å². The minimum absolute atomic E-state index is 0.814. The predicted octanol–water partition coefficient (Wildman–Crippen LogP) is 14.3. The zero-order chi connectivity index (χ0) is 35.1. The van der Waals surface area contributed by atoms with Crippen LogP contribution in [0, 0.1) is 0 Å². The summed E-state index contributed by atoms with van der Waals surface area (Å²) < 4.78 is 7.91. The molecular formula is C49H32N2OS. The van der Waals surface area contributed by atoms with E-state index in [1.807, 2.05) is 12.1 Å². The van der Waals surface area contributed by atoms with E-state index in [0.29, 0.717) is 0 Å². The molecule has 4 heteroatoms. The van der Waals surface area contributed by atoms with Crippen LogP contribution in [-0.4, -0.2) is 4.98 Å². The second kappa shape index (κ2) is 13.1. The van der Waals surface area contributed by atoms with Crippen molar-refractivity contribution in [3.8, 4) is 44.0 Å². The molecule has 0 atom stereocenters. The summed E-state index contributed by atoms with van der Waals surface area (Å²) in [7, 11) is 0. The molecule has 0 aliphatic carbocycles. The lowest BCUT2D eigenvalue weighted by molar-refractivity contribution is 0.669. The second-order valence-corrected chi connectivity index (χ2v) is 14.2. The van der Waals surface area contributed by atoms with Gasteiger partial charge in [-0.15, -0.1) is 11.3 Å². The van der Waals surface area contributed by atoms with Crippen LogP contribution in [0.1, 0.15) is 0 Å². The number of thiazole rings is 1. The van der Waals surface area contributed by atoms with Gasteiger partial charge >= 0.3 is 0 Å². The Morgan fingerprint density at radius 1 is 0.415 bits per heavy atom. The molecule has 3 nitrogen and oxygen atoms in total. The molecule has 0 bridgehead atoms. The van der Waals surface area contributed by atoms with Gasteiger partial charge in [-0.1, -0.05) is 158 Å². The van der Waals surface area contributed by atoms with Crippen molar-refractivity contribution in [3.63, 3.8) is 0 Å². The van der Waals surface area contributed by atoms with Gasteiger partial charge in [0.25, 0.3) is 0 Å². The molecule has 0 radical (unpaired) electrons.